The van der Waals surface area contributed by atoms with Gasteiger partial charge < -0.3 is 5.11 Å². The number of hydrogen-bond donors (Lipinski definition) is 1. The Morgan fingerprint density at radius 3 is 2.00 bits per heavy atom. The van der Waals surface area contributed by atoms with Crippen LogP contribution in [-0.2, 0) is 6.42 Å². The van der Waals surface area contributed by atoms with Crippen molar-refractivity contribution in [3.05, 3.63) is 54.1 Å². The van der Waals surface area contributed by atoms with E-state index >= 15 is 0 Å². The van der Waals surface area contributed by atoms with Crippen molar-refractivity contribution in [1.82, 2.24) is 0 Å². The Hall–Kier alpha value is -1.50. The molecule has 1 N–H and O–H groups in total. The second-order valence-electron chi connectivity index (χ2n) is 6.96. The van der Waals surface area contributed by atoms with Crippen LogP contribution in [-0.4, -0.2) is 5.11 Å². The van der Waals surface area contributed by atoms with Crippen LogP contribution < -0.4 is 0 Å². The number of aryl methyl sites for hydroxylation is 1. The van der Waals surface area contributed by atoms with Crippen LogP contribution in [0.5, 0.6) is 5.75 Å². The summed E-state index contributed by atoms with van der Waals surface area (Å²) in [4.78, 5) is 0. The maximum absolute atomic E-state index is 9.73. The quantitative estimate of drug-likeness (QED) is 0.255. The van der Waals surface area contributed by atoms with Gasteiger partial charge in [-0.15, -0.1) is 0 Å². The highest BCUT2D eigenvalue weighted by Gasteiger charge is 1.99. The van der Waals surface area contributed by atoms with Gasteiger partial charge in [-0.05, 0) is 56.6 Å². The lowest BCUT2D eigenvalue weighted by Crippen LogP contribution is -1.87. The maximum atomic E-state index is 9.73. The third-order valence-corrected chi connectivity index (χ3v) is 4.64. The maximum Gasteiger partial charge on any atom is 0.118 e. The zero-order chi connectivity index (χ0) is 18.0. The molecule has 0 amide bonds. The minimum atomic E-state index is 0.449. The van der Waals surface area contributed by atoms with E-state index in [9.17, 15) is 5.11 Å². The number of rotatable bonds is 15. The molecule has 0 saturated heterocycles. The molecule has 25 heavy (non-hydrogen) atoms. The average Bonchev–Trinajstić information content (AvgIpc) is 2.63. The third-order valence-electron chi connectivity index (χ3n) is 4.64. The summed E-state index contributed by atoms with van der Waals surface area (Å²) in [5.41, 5.74) is 1.09. The molecule has 0 bridgehead atoms. The van der Waals surface area contributed by atoms with E-state index in [4.69, 9.17) is 0 Å². The Kier molecular flexibility index (Phi) is 13.8. The van der Waals surface area contributed by atoms with Crippen molar-refractivity contribution in [1.29, 1.82) is 0 Å². The second-order valence-corrected chi connectivity index (χ2v) is 6.96. The number of unbranched alkanes of at least 4 members (excludes halogenated alkanes) is 9. The van der Waals surface area contributed by atoms with Crippen molar-refractivity contribution < 1.29 is 5.11 Å². The first-order valence-electron chi connectivity index (χ1n) is 10.4. The van der Waals surface area contributed by atoms with E-state index in [0.717, 1.165) is 18.4 Å². The number of allylic oxidation sites excluding steroid dienone is 4. The fourth-order valence-corrected chi connectivity index (χ4v) is 3.03. The topological polar surface area (TPSA) is 20.2 Å². The summed E-state index contributed by atoms with van der Waals surface area (Å²) in [6.07, 6.45) is 25.6. The van der Waals surface area contributed by atoms with Gasteiger partial charge in [-0.2, -0.15) is 0 Å². The molecule has 1 aromatic carbocycles. The molecule has 0 fully saturated rings. The summed E-state index contributed by atoms with van der Waals surface area (Å²) in [5.74, 6) is 0.449. The van der Waals surface area contributed by atoms with Gasteiger partial charge in [0, 0.05) is 0 Å². The molecule has 1 aromatic rings. The lowest BCUT2D eigenvalue weighted by molar-refractivity contribution is 0.466. The number of benzene rings is 1. The van der Waals surface area contributed by atoms with E-state index < -0.39 is 0 Å². The highest BCUT2D eigenvalue weighted by atomic mass is 16.3. The van der Waals surface area contributed by atoms with Gasteiger partial charge in [0.2, 0.25) is 0 Å². The Morgan fingerprint density at radius 1 is 0.720 bits per heavy atom. The van der Waals surface area contributed by atoms with Crippen LogP contribution in [0.3, 0.4) is 0 Å². The molecule has 0 aliphatic carbocycles. The Morgan fingerprint density at radius 2 is 1.32 bits per heavy atom. The van der Waals surface area contributed by atoms with E-state index in [-0.39, 0.29) is 0 Å². The first-order valence-corrected chi connectivity index (χ1v) is 10.4. The van der Waals surface area contributed by atoms with Crippen molar-refractivity contribution in [2.24, 2.45) is 0 Å². The molecule has 0 radical (unpaired) electrons. The van der Waals surface area contributed by atoms with E-state index in [1.54, 1.807) is 6.07 Å². The molecule has 0 aromatic heterocycles. The molecule has 0 aliphatic rings. The molecule has 0 spiro atoms. The first-order chi connectivity index (χ1) is 12.3. The summed E-state index contributed by atoms with van der Waals surface area (Å²) in [5, 5.41) is 9.73. The molecule has 0 unspecified atom stereocenters. The van der Waals surface area contributed by atoms with Crippen LogP contribution in [0.2, 0.25) is 0 Å². The van der Waals surface area contributed by atoms with Gasteiger partial charge in [0.25, 0.3) is 0 Å². The molecule has 0 aliphatic heterocycles. The predicted molar refractivity (Wildman–Crippen MR) is 111 cm³/mol. The van der Waals surface area contributed by atoms with Crippen molar-refractivity contribution in [2.45, 2.75) is 90.4 Å². The number of hydrogen-bond acceptors (Lipinski definition) is 1. The summed E-state index contributed by atoms with van der Waals surface area (Å²) >= 11 is 0. The third kappa shape index (κ3) is 12.5. The van der Waals surface area contributed by atoms with Crippen LogP contribution in [0.15, 0.2) is 48.6 Å². The van der Waals surface area contributed by atoms with Gasteiger partial charge in [0.1, 0.15) is 5.75 Å². The van der Waals surface area contributed by atoms with Gasteiger partial charge in [-0.25, -0.2) is 0 Å². The molecule has 0 saturated carbocycles. The molecule has 0 heterocycles. The Balaban J connectivity index is 1.85. The lowest BCUT2D eigenvalue weighted by Gasteiger charge is -2.04. The second kappa shape index (κ2) is 16.0. The number of aromatic hydroxyl groups is 1. The molecule has 1 nitrogen and oxygen atoms in total. The fourth-order valence-electron chi connectivity index (χ4n) is 3.03. The van der Waals surface area contributed by atoms with Crippen molar-refractivity contribution in [3.63, 3.8) is 0 Å². The van der Waals surface area contributed by atoms with E-state index in [1.165, 1.54) is 70.6 Å². The number of para-hydroxylation sites is 1. The Labute approximate surface area is 155 Å². The molecular weight excluding hydrogens is 304 g/mol. The lowest BCUT2D eigenvalue weighted by atomic mass is 10.0. The summed E-state index contributed by atoms with van der Waals surface area (Å²) in [6.45, 7) is 2.25. The zero-order valence-corrected chi connectivity index (χ0v) is 16.3. The van der Waals surface area contributed by atoms with Gasteiger partial charge in [-0.1, -0.05) is 88.0 Å². The highest BCUT2D eigenvalue weighted by molar-refractivity contribution is 5.31. The predicted octanol–water partition coefficient (Wildman–Crippen LogP) is 7.75. The zero-order valence-electron chi connectivity index (χ0n) is 16.3. The van der Waals surface area contributed by atoms with Crippen LogP contribution in [0.4, 0.5) is 0 Å². The van der Waals surface area contributed by atoms with Crippen LogP contribution in [0.25, 0.3) is 0 Å². The molecular formula is C24H38O. The first kappa shape index (κ1) is 21.5. The minimum absolute atomic E-state index is 0.449. The molecule has 1 rings (SSSR count). The highest BCUT2D eigenvalue weighted by Crippen LogP contribution is 2.18. The van der Waals surface area contributed by atoms with Crippen LogP contribution in [0, 0.1) is 0 Å². The number of phenolic OH excluding ortho intramolecular Hbond substituents is 1. The summed E-state index contributed by atoms with van der Waals surface area (Å²) in [6, 6.07) is 7.70. The SMILES string of the molecule is CCCCCC=CCC=CCCCCCCCCc1ccccc1O. The van der Waals surface area contributed by atoms with Gasteiger partial charge in [0.15, 0.2) is 0 Å². The van der Waals surface area contributed by atoms with Gasteiger partial charge >= 0.3 is 0 Å². The minimum Gasteiger partial charge on any atom is -0.508 e. The van der Waals surface area contributed by atoms with Crippen molar-refractivity contribution in [3.8, 4) is 5.75 Å². The van der Waals surface area contributed by atoms with Gasteiger partial charge in [-0.3, -0.25) is 0 Å². The Bertz CT molecular complexity index is 473. The molecule has 140 valence electrons. The van der Waals surface area contributed by atoms with E-state index in [2.05, 4.69) is 31.2 Å². The standard InChI is InChI=1S/C24H38O/c1-2-3-4-5-6-7-8-9-10-11-12-13-14-15-16-17-20-23-21-18-19-22-24(23)25/h6-7,9-10,18-19,21-22,25H,2-5,8,11-17,20H2,1H3. The van der Waals surface area contributed by atoms with Crippen molar-refractivity contribution >= 4 is 0 Å². The van der Waals surface area contributed by atoms with Crippen LogP contribution in [0.1, 0.15) is 89.5 Å². The monoisotopic (exact) mass is 342 g/mol. The van der Waals surface area contributed by atoms with Gasteiger partial charge in [0.05, 0.1) is 0 Å². The smallest absolute Gasteiger partial charge is 0.118 e. The van der Waals surface area contributed by atoms with Crippen molar-refractivity contribution in [2.75, 3.05) is 0 Å². The fraction of sp³-hybridized carbons (Fsp3) is 0.583. The summed E-state index contributed by atoms with van der Waals surface area (Å²) < 4.78 is 0. The normalized spacial score (nSPS) is 11.7. The van der Waals surface area contributed by atoms with E-state index in [0.29, 0.717) is 5.75 Å². The molecule has 1 heteroatoms. The average molecular weight is 343 g/mol. The van der Waals surface area contributed by atoms with Crippen LogP contribution >= 0.6 is 0 Å². The molecule has 0 atom stereocenters. The summed E-state index contributed by atoms with van der Waals surface area (Å²) in [7, 11) is 0. The largest absolute Gasteiger partial charge is 0.508 e. The number of phenols is 1. The van der Waals surface area contributed by atoms with E-state index in [1.807, 2.05) is 18.2 Å².